The fraction of sp³-hybridized carbons (Fsp3) is 0.133. The van der Waals surface area contributed by atoms with E-state index in [2.05, 4.69) is 15.9 Å². The number of rotatable bonds is 4. The first kappa shape index (κ1) is 14.9. The summed E-state index contributed by atoms with van der Waals surface area (Å²) in [5, 5.41) is 0.550. The molecule has 2 aromatic carbocycles. The number of ketones is 1. The summed E-state index contributed by atoms with van der Waals surface area (Å²) < 4.78 is 11.2. The van der Waals surface area contributed by atoms with E-state index in [9.17, 15) is 4.79 Å². The predicted molar refractivity (Wildman–Crippen MR) is 82.1 cm³/mol. The van der Waals surface area contributed by atoms with Crippen LogP contribution in [0, 0.1) is 0 Å². The highest BCUT2D eigenvalue weighted by atomic mass is 79.9. The Morgan fingerprint density at radius 3 is 2.20 bits per heavy atom. The average molecular weight is 356 g/mol. The summed E-state index contributed by atoms with van der Waals surface area (Å²) >= 11 is 9.25. The Balaban J connectivity index is 2.55. The molecule has 104 valence electrons. The summed E-state index contributed by atoms with van der Waals surface area (Å²) in [5.41, 5.74) is 0.899. The third-order valence-corrected chi connectivity index (χ3v) is 4.05. The summed E-state index contributed by atoms with van der Waals surface area (Å²) in [7, 11) is 3.03. The van der Waals surface area contributed by atoms with Crippen molar-refractivity contribution in [3.05, 3.63) is 57.0 Å². The van der Waals surface area contributed by atoms with Gasteiger partial charge < -0.3 is 9.47 Å². The monoisotopic (exact) mass is 354 g/mol. The standard InChI is InChI=1S/C15H12BrClO3/c1-19-12-4-3-5-13(20-2)14(12)15(18)9-6-7-11(17)10(16)8-9/h3-8H,1-2H3. The van der Waals surface area contributed by atoms with Gasteiger partial charge in [0.05, 0.1) is 19.2 Å². The van der Waals surface area contributed by atoms with Gasteiger partial charge in [0, 0.05) is 10.0 Å². The molecule has 0 bridgehead atoms. The van der Waals surface area contributed by atoms with Crippen LogP contribution in [0.1, 0.15) is 15.9 Å². The molecule has 0 aliphatic carbocycles. The number of halogens is 2. The van der Waals surface area contributed by atoms with Gasteiger partial charge in [-0.25, -0.2) is 0 Å². The van der Waals surface area contributed by atoms with Crippen molar-refractivity contribution in [3.8, 4) is 11.5 Å². The fourth-order valence-electron chi connectivity index (χ4n) is 1.86. The van der Waals surface area contributed by atoms with E-state index in [-0.39, 0.29) is 5.78 Å². The molecule has 2 aromatic rings. The van der Waals surface area contributed by atoms with Crippen molar-refractivity contribution in [1.82, 2.24) is 0 Å². The minimum absolute atomic E-state index is 0.184. The van der Waals surface area contributed by atoms with Crippen LogP contribution in [0.2, 0.25) is 5.02 Å². The zero-order valence-corrected chi connectivity index (χ0v) is 13.3. The van der Waals surface area contributed by atoms with E-state index in [1.165, 1.54) is 14.2 Å². The van der Waals surface area contributed by atoms with Crippen LogP contribution in [0.3, 0.4) is 0 Å². The molecule has 0 fully saturated rings. The zero-order chi connectivity index (χ0) is 14.7. The maximum atomic E-state index is 12.6. The topological polar surface area (TPSA) is 35.5 Å². The number of methoxy groups -OCH3 is 2. The van der Waals surface area contributed by atoms with Gasteiger partial charge in [-0.15, -0.1) is 0 Å². The molecule has 0 amide bonds. The van der Waals surface area contributed by atoms with Crippen LogP contribution in [0.25, 0.3) is 0 Å². The summed E-state index contributed by atoms with van der Waals surface area (Å²) in [6.45, 7) is 0. The normalized spacial score (nSPS) is 10.2. The third kappa shape index (κ3) is 2.81. The Hall–Kier alpha value is -1.52. The Bertz CT molecular complexity index is 633. The molecule has 0 saturated heterocycles. The summed E-state index contributed by atoms with van der Waals surface area (Å²) in [6, 6.07) is 10.2. The second kappa shape index (κ2) is 6.29. The Labute approximate surface area is 130 Å². The van der Waals surface area contributed by atoms with Crippen LogP contribution in [0.15, 0.2) is 40.9 Å². The molecule has 0 radical (unpaired) electrons. The van der Waals surface area contributed by atoms with Gasteiger partial charge in [0.1, 0.15) is 17.1 Å². The Morgan fingerprint density at radius 2 is 1.70 bits per heavy atom. The number of benzene rings is 2. The molecule has 0 aromatic heterocycles. The smallest absolute Gasteiger partial charge is 0.200 e. The molecule has 20 heavy (non-hydrogen) atoms. The average Bonchev–Trinajstić information content (AvgIpc) is 2.48. The van der Waals surface area contributed by atoms with Gasteiger partial charge in [0.2, 0.25) is 5.78 Å². The fourth-order valence-corrected chi connectivity index (χ4v) is 2.35. The van der Waals surface area contributed by atoms with Crippen LogP contribution < -0.4 is 9.47 Å². The lowest BCUT2D eigenvalue weighted by molar-refractivity contribution is 0.103. The van der Waals surface area contributed by atoms with Crippen LogP contribution in [0.5, 0.6) is 11.5 Å². The largest absolute Gasteiger partial charge is 0.496 e. The molecule has 0 heterocycles. The predicted octanol–water partition coefficient (Wildman–Crippen LogP) is 4.35. The van der Waals surface area contributed by atoms with E-state index in [1.807, 2.05) is 0 Å². The van der Waals surface area contributed by atoms with Crippen molar-refractivity contribution in [2.24, 2.45) is 0 Å². The van der Waals surface area contributed by atoms with E-state index in [1.54, 1.807) is 36.4 Å². The SMILES string of the molecule is COc1cccc(OC)c1C(=O)c1ccc(Cl)c(Br)c1. The molecule has 0 atom stereocenters. The van der Waals surface area contributed by atoms with Crippen molar-refractivity contribution in [2.45, 2.75) is 0 Å². The lowest BCUT2D eigenvalue weighted by atomic mass is 10.0. The molecular formula is C15H12BrClO3. The lowest BCUT2D eigenvalue weighted by Crippen LogP contribution is -2.06. The molecule has 3 nitrogen and oxygen atoms in total. The first-order valence-electron chi connectivity index (χ1n) is 5.79. The van der Waals surface area contributed by atoms with E-state index in [0.29, 0.717) is 32.1 Å². The van der Waals surface area contributed by atoms with E-state index in [0.717, 1.165) is 0 Å². The molecule has 0 N–H and O–H groups in total. The van der Waals surface area contributed by atoms with E-state index >= 15 is 0 Å². The Kier molecular flexibility index (Phi) is 4.68. The number of ether oxygens (including phenoxy) is 2. The maximum absolute atomic E-state index is 12.6. The van der Waals surface area contributed by atoms with Crippen molar-refractivity contribution >= 4 is 33.3 Å². The second-order valence-electron chi connectivity index (χ2n) is 4.00. The first-order valence-corrected chi connectivity index (χ1v) is 6.96. The minimum atomic E-state index is -0.184. The summed E-state index contributed by atoms with van der Waals surface area (Å²) in [6.07, 6.45) is 0. The van der Waals surface area contributed by atoms with Crippen molar-refractivity contribution in [1.29, 1.82) is 0 Å². The summed E-state index contributed by atoms with van der Waals surface area (Å²) in [5.74, 6) is 0.762. The first-order chi connectivity index (χ1) is 9.58. The number of carbonyl (C=O) groups is 1. The highest BCUT2D eigenvalue weighted by molar-refractivity contribution is 9.10. The quantitative estimate of drug-likeness (QED) is 0.765. The molecule has 0 aliphatic heterocycles. The van der Waals surface area contributed by atoms with Gasteiger partial charge in [-0.3, -0.25) is 4.79 Å². The highest BCUT2D eigenvalue weighted by Gasteiger charge is 2.20. The van der Waals surface area contributed by atoms with Gasteiger partial charge >= 0.3 is 0 Å². The van der Waals surface area contributed by atoms with Crippen LogP contribution in [0.4, 0.5) is 0 Å². The van der Waals surface area contributed by atoms with Gasteiger partial charge in [-0.1, -0.05) is 17.7 Å². The van der Waals surface area contributed by atoms with E-state index < -0.39 is 0 Å². The molecule has 0 spiro atoms. The van der Waals surface area contributed by atoms with Gasteiger partial charge in [0.25, 0.3) is 0 Å². The zero-order valence-electron chi connectivity index (χ0n) is 10.9. The minimum Gasteiger partial charge on any atom is -0.496 e. The van der Waals surface area contributed by atoms with Crippen molar-refractivity contribution in [3.63, 3.8) is 0 Å². The Morgan fingerprint density at radius 1 is 1.10 bits per heavy atom. The molecular weight excluding hydrogens is 344 g/mol. The lowest BCUT2D eigenvalue weighted by Gasteiger charge is -2.12. The summed E-state index contributed by atoms with van der Waals surface area (Å²) in [4.78, 5) is 12.6. The van der Waals surface area contributed by atoms with Gasteiger partial charge in [-0.2, -0.15) is 0 Å². The molecule has 2 rings (SSSR count). The van der Waals surface area contributed by atoms with Crippen molar-refractivity contribution in [2.75, 3.05) is 14.2 Å². The number of hydrogen-bond acceptors (Lipinski definition) is 3. The van der Waals surface area contributed by atoms with Crippen LogP contribution >= 0.6 is 27.5 Å². The van der Waals surface area contributed by atoms with Crippen molar-refractivity contribution < 1.29 is 14.3 Å². The highest BCUT2D eigenvalue weighted by Crippen LogP contribution is 2.32. The molecule has 0 unspecified atom stereocenters. The molecule has 0 aliphatic rings. The van der Waals surface area contributed by atoms with Gasteiger partial charge in [-0.05, 0) is 46.3 Å². The van der Waals surface area contributed by atoms with Crippen LogP contribution in [-0.4, -0.2) is 20.0 Å². The maximum Gasteiger partial charge on any atom is 0.200 e. The number of carbonyl (C=O) groups excluding carboxylic acids is 1. The number of hydrogen-bond donors (Lipinski definition) is 0. The van der Waals surface area contributed by atoms with Crippen LogP contribution in [-0.2, 0) is 0 Å². The molecule has 0 saturated carbocycles. The van der Waals surface area contributed by atoms with Gasteiger partial charge in [0.15, 0.2) is 0 Å². The second-order valence-corrected chi connectivity index (χ2v) is 5.26. The van der Waals surface area contributed by atoms with E-state index in [4.69, 9.17) is 21.1 Å². The third-order valence-electron chi connectivity index (χ3n) is 2.84. The molecule has 5 heteroatoms.